The highest BCUT2D eigenvalue weighted by atomic mass is 16.5. The molecule has 1 aliphatic heterocycles. The zero-order valence-corrected chi connectivity index (χ0v) is 13.0. The second kappa shape index (κ2) is 6.41. The Labute approximate surface area is 136 Å². The molecule has 0 bridgehead atoms. The summed E-state index contributed by atoms with van der Waals surface area (Å²) < 4.78 is 5.36. The van der Waals surface area contributed by atoms with Gasteiger partial charge in [0.1, 0.15) is 12.4 Å². The van der Waals surface area contributed by atoms with Crippen LogP contribution in [0.15, 0.2) is 48.5 Å². The lowest BCUT2D eigenvalue weighted by Gasteiger charge is -2.13. The Bertz CT molecular complexity index is 797. The molecule has 2 aromatic carbocycles. The van der Waals surface area contributed by atoms with Crippen LogP contribution in [0, 0.1) is 12.3 Å². The van der Waals surface area contributed by atoms with Gasteiger partial charge in [-0.3, -0.25) is 4.79 Å². The van der Waals surface area contributed by atoms with Crippen LogP contribution >= 0.6 is 0 Å². The minimum atomic E-state index is 0.0429. The van der Waals surface area contributed by atoms with E-state index in [1.54, 1.807) is 4.90 Å². The lowest BCUT2D eigenvalue weighted by Crippen LogP contribution is -2.25. The number of para-hydroxylation sites is 1. The van der Waals surface area contributed by atoms with Gasteiger partial charge in [-0.2, -0.15) is 0 Å². The van der Waals surface area contributed by atoms with Crippen molar-refractivity contribution in [2.75, 3.05) is 18.1 Å². The number of amides is 1. The quantitative estimate of drug-likeness (QED) is 0.638. The van der Waals surface area contributed by atoms with E-state index in [0.717, 1.165) is 28.1 Å². The first kappa shape index (κ1) is 14.9. The standard InChI is InChI=1S/C20H17NO2/c1-3-13-23-16-11-9-15(10-12-16)14-18-17-7-5-6-8-19(17)21(4-2)20(18)22/h1,5-12,14H,4,13H2,2H3/b18-14-. The summed E-state index contributed by atoms with van der Waals surface area (Å²) in [6.45, 7) is 2.89. The zero-order chi connectivity index (χ0) is 16.2. The number of likely N-dealkylation sites (N-methyl/N-ethyl adjacent to an activating group) is 1. The Morgan fingerprint density at radius 3 is 2.61 bits per heavy atom. The molecule has 3 rings (SSSR count). The molecule has 3 heteroatoms. The Balaban J connectivity index is 1.93. The lowest BCUT2D eigenvalue weighted by atomic mass is 10.0. The molecule has 0 N–H and O–H groups in total. The van der Waals surface area contributed by atoms with Gasteiger partial charge in [0.25, 0.3) is 5.91 Å². The molecule has 0 atom stereocenters. The van der Waals surface area contributed by atoms with Gasteiger partial charge in [-0.15, -0.1) is 6.42 Å². The lowest BCUT2D eigenvalue weighted by molar-refractivity contribution is -0.112. The highest BCUT2D eigenvalue weighted by Gasteiger charge is 2.30. The molecule has 1 amide bonds. The minimum Gasteiger partial charge on any atom is -0.481 e. The van der Waals surface area contributed by atoms with Gasteiger partial charge in [0.2, 0.25) is 0 Å². The first-order valence-electron chi connectivity index (χ1n) is 7.54. The average molecular weight is 303 g/mol. The summed E-state index contributed by atoms with van der Waals surface area (Å²) in [6.07, 6.45) is 7.09. The second-order valence-corrected chi connectivity index (χ2v) is 5.19. The van der Waals surface area contributed by atoms with E-state index >= 15 is 0 Å². The number of benzene rings is 2. The molecule has 114 valence electrons. The first-order valence-corrected chi connectivity index (χ1v) is 7.54. The van der Waals surface area contributed by atoms with Gasteiger partial charge in [0.15, 0.2) is 0 Å². The van der Waals surface area contributed by atoms with Crippen LogP contribution in [0.25, 0.3) is 11.6 Å². The molecule has 0 saturated carbocycles. The monoisotopic (exact) mass is 303 g/mol. The number of hydrogen-bond acceptors (Lipinski definition) is 2. The highest BCUT2D eigenvalue weighted by molar-refractivity contribution is 6.35. The maximum atomic E-state index is 12.6. The normalized spacial score (nSPS) is 14.7. The van der Waals surface area contributed by atoms with Crippen LogP contribution in [-0.2, 0) is 4.79 Å². The van der Waals surface area contributed by atoms with Crippen molar-refractivity contribution in [3.05, 3.63) is 59.7 Å². The zero-order valence-electron chi connectivity index (χ0n) is 13.0. The maximum absolute atomic E-state index is 12.6. The third-order valence-electron chi connectivity index (χ3n) is 3.79. The predicted octanol–water partition coefficient (Wildman–Crippen LogP) is 3.61. The molecular formula is C20H17NO2. The molecule has 1 heterocycles. The molecule has 0 fully saturated rings. The van der Waals surface area contributed by atoms with E-state index in [0.29, 0.717) is 6.54 Å². The molecule has 0 aliphatic carbocycles. The van der Waals surface area contributed by atoms with E-state index in [4.69, 9.17) is 11.2 Å². The minimum absolute atomic E-state index is 0.0429. The van der Waals surface area contributed by atoms with Crippen molar-refractivity contribution in [1.82, 2.24) is 0 Å². The average Bonchev–Trinajstić information content (AvgIpc) is 2.86. The third kappa shape index (κ3) is 2.84. The number of ether oxygens (including phenoxy) is 1. The SMILES string of the molecule is C#CCOc1ccc(/C=C2\C(=O)N(CC)c3ccccc32)cc1. The number of carbonyl (C=O) groups is 1. The third-order valence-corrected chi connectivity index (χ3v) is 3.79. The topological polar surface area (TPSA) is 29.5 Å². The van der Waals surface area contributed by atoms with E-state index in [2.05, 4.69) is 5.92 Å². The molecule has 0 spiro atoms. The van der Waals surface area contributed by atoms with Crippen LogP contribution in [0.4, 0.5) is 5.69 Å². The summed E-state index contributed by atoms with van der Waals surface area (Å²) in [5.74, 6) is 3.20. The fraction of sp³-hybridized carbons (Fsp3) is 0.150. The Hall–Kier alpha value is -2.99. The highest BCUT2D eigenvalue weighted by Crippen LogP contribution is 2.37. The summed E-state index contributed by atoms with van der Waals surface area (Å²) in [6, 6.07) is 15.4. The summed E-state index contributed by atoms with van der Waals surface area (Å²) in [7, 11) is 0. The Kier molecular flexibility index (Phi) is 4.16. The van der Waals surface area contributed by atoms with Crippen molar-refractivity contribution in [2.45, 2.75) is 6.92 Å². The molecule has 1 aliphatic rings. The van der Waals surface area contributed by atoms with E-state index in [1.165, 1.54) is 0 Å². The molecule has 23 heavy (non-hydrogen) atoms. The summed E-state index contributed by atoms with van der Waals surface area (Å²) in [5.41, 5.74) is 3.63. The number of nitrogens with zero attached hydrogens (tertiary/aromatic N) is 1. The molecule has 3 nitrogen and oxygen atoms in total. The van der Waals surface area contributed by atoms with Gasteiger partial charge in [0.05, 0.1) is 5.69 Å². The van der Waals surface area contributed by atoms with Crippen molar-refractivity contribution < 1.29 is 9.53 Å². The smallest absolute Gasteiger partial charge is 0.258 e. The Morgan fingerprint density at radius 2 is 1.91 bits per heavy atom. The van der Waals surface area contributed by atoms with Crippen molar-refractivity contribution in [3.8, 4) is 18.1 Å². The molecular weight excluding hydrogens is 286 g/mol. The summed E-state index contributed by atoms with van der Waals surface area (Å²) in [5, 5.41) is 0. The van der Waals surface area contributed by atoms with E-state index in [1.807, 2.05) is 61.5 Å². The molecule has 0 saturated heterocycles. The second-order valence-electron chi connectivity index (χ2n) is 5.19. The van der Waals surface area contributed by atoms with Crippen molar-refractivity contribution >= 4 is 23.2 Å². The molecule has 0 radical (unpaired) electrons. The van der Waals surface area contributed by atoms with Gasteiger partial charge in [0, 0.05) is 17.7 Å². The molecule has 2 aromatic rings. The number of carbonyl (C=O) groups excluding carboxylic acids is 1. The number of hydrogen-bond donors (Lipinski definition) is 0. The number of rotatable bonds is 4. The van der Waals surface area contributed by atoms with Crippen molar-refractivity contribution in [3.63, 3.8) is 0 Å². The van der Waals surface area contributed by atoms with Crippen molar-refractivity contribution in [1.29, 1.82) is 0 Å². The van der Waals surface area contributed by atoms with Gasteiger partial charge in [-0.25, -0.2) is 0 Å². The van der Waals surface area contributed by atoms with E-state index in [9.17, 15) is 4.79 Å². The maximum Gasteiger partial charge on any atom is 0.258 e. The fourth-order valence-electron chi connectivity index (χ4n) is 2.71. The van der Waals surface area contributed by atoms with Crippen LogP contribution in [0.1, 0.15) is 18.1 Å². The summed E-state index contributed by atoms with van der Waals surface area (Å²) in [4.78, 5) is 14.4. The van der Waals surface area contributed by atoms with E-state index < -0.39 is 0 Å². The van der Waals surface area contributed by atoms with Gasteiger partial charge < -0.3 is 9.64 Å². The van der Waals surface area contributed by atoms with Crippen LogP contribution in [-0.4, -0.2) is 19.1 Å². The molecule has 0 aromatic heterocycles. The van der Waals surface area contributed by atoms with E-state index in [-0.39, 0.29) is 12.5 Å². The summed E-state index contributed by atoms with van der Waals surface area (Å²) >= 11 is 0. The number of anilines is 1. The van der Waals surface area contributed by atoms with Crippen LogP contribution in [0.3, 0.4) is 0 Å². The van der Waals surface area contributed by atoms with Crippen LogP contribution in [0.2, 0.25) is 0 Å². The Morgan fingerprint density at radius 1 is 1.17 bits per heavy atom. The van der Waals surface area contributed by atoms with Crippen molar-refractivity contribution in [2.24, 2.45) is 0 Å². The van der Waals surface area contributed by atoms with Crippen LogP contribution < -0.4 is 9.64 Å². The largest absolute Gasteiger partial charge is 0.481 e. The number of terminal acetylenes is 1. The predicted molar refractivity (Wildman–Crippen MR) is 93.1 cm³/mol. The van der Waals surface area contributed by atoms with Gasteiger partial charge >= 0.3 is 0 Å². The van der Waals surface area contributed by atoms with Gasteiger partial charge in [-0.1, -0.05) is 36.3 Å². The first-order chi connectivity index (χ1) is 11.2. The van der Waals surface area contributed by atoms with Crippen LogP contribution in [0.5, 0.6) is 5.75 Å². The van der Waals surface area contributed by atoms with Gasteiger partial charge in [-0.05, 0) is 36.8 Å². The molecule has 0 unspecified atom stereocenters. The fourth-order valence-corrected chi connectivity index (χ4v) is 2.71. The number of fused-ring (bicyclic) bond motifs is 1.